The molecule has 3 nitrogen and oxygen atoms in total. The minimum atomic E-state index is -0.292. The third-order valence-corrected chi connectivity index (χ3v) is 4.57. The number of unbranched alkanes of at least 4 members (excludes halogenated alkanes) is 3. The summed E-state index contributed by atoms with van der Waals surface area (Å²) in [6, 6.07) is 0.354. The Morgan fingerprint density at radius 3 is 2.48 bits per heavy atom. The Labute approximate surface area is 130 Å². The average molecular weight is 297 g/mol. The molecule has 0 spiro atoms. The van der Waals surface area contributed by atoms with Gasteiger partial charge < -0.3 is 10.4 Å². The summed E-state index contributed by atoms with van der Waals surface area (Å²) in [5.74, 6) is 0.133. The lowest BCUT2D eigenvalue weighted by Crippen LogP contribution is -2.35. The predicted molar refractivity (Wildman–Crippen MR) is 88.2 cm³/mol. The summed E-state index contributed by atoms with van der Waals surface area (Å²) in [4.78, 5) is 12.0. The van der Waals surface area contributed by atoms with Crippen LogP contribution in [0, 0.1) is 0 Å². The second kappa shape index (κ2) is 12.0. The number of rotatable bonds is 5. The van der Waals surface area contributed by atoms with Crippen LogP contribution in [0.5, 0.6) is 0 Å². The first kappa shape index (κ1) is 18.5. The highest BCUT2D eigenvalue weighted by atomic mass is 16.3. The Hall–Kier alpha value is -0.570. The minimum absolute atomic E-state index is 0.133. The smallest absolute Gasteiger partial charge is 0.220 e. The van der Waals surface area contributed by atoms with E-state index in [-0.39, 0.29) is 12.0 Å². The molecule has 124 valence electrons. The van der Waals surface area contributed by atoms with Crippen molar-refractivity contribution in [1.29, 1.82) is 0 Å². The number of carbonyl (C=O) groups excluding carboxylic acids is 1. The monoisotopic (exact) mass is 297 g/mol. The van der Waals surface area contributed by atoms with Crippen LogP contribution in [0.2, 0.25) is 0 Å². The Bertz CT molecular complexity index is 268. The van der Waals surface area contributed by atoms with Crippen molar-refractivity contribution >= 4 is 5.91 Å². The molecule has 2 N–H and O–H groups in total. The quantitative estimate of drug-likeness (QED) is 0.742. The van der Waals surface area contributed by atoms with E-state index >= 15 is 0 Å². The summed E-state index contributed by atoms with van der Waals surface area (Å²) in [5.41, 5.74) is 0. The fraction of sp³-hybridized carbons (Fsp3) is 0.944. The Balaban J connectivity index is 2.37. The van der Waals surface area contributed by atoms with E-state index in [1.807, 2.05) is 0 Å². The molecule has 21 heavy (non-hydrogen) atoms. The average Bonchev–Trinajstić information content (AvgIpc) is 2.48. The summed E-state index contributed by atoms with van der Waals surface area (Å²) >= 11 is 0. The van der Waals surface area contributed by atoms with Crippen molar-refractivity contribution < 1.29 is 9.90 Å². The molecular formula is C18H35NO2. The second-order valence-electron chi connectivity index (χ2n) is 6.65. The fourth-order valence-corrected chi connectivity index (χ4v) is 3.15. The van der Waals surface area contributed by atoms with Crippen molar-refractivity contribution in [3.8, 4) is 0 Å². The summed E-state index contributed by atoms with van der Waals surface area (Å²) in [6.07, 6.45) is 15.0. The van der Waals surface area contributed by atoms with Gasteiger partial charge >= 0.3 is 0 Å². The molecule has 3 heteroatoms. The van der Waals surface area contributed by atoms with E-state index in [4.69, 9.17) is 0 Å². The summed E-state index contributed by atoms with van der Waals surface area (Å²) in [7, 11) is 0. The zero-order valence-corrected chi connectivity index (χ0v) is 13.9. The maximum absolute atomic E-state index is 12.0. The van der Waals surface area contributed by atoms with Crippen molar-refractivity contribution in [2.24, 2.45) is 0 Å². The van der Waals surface area contributed by atoms with Gasteiger partial charge in [-0.1, -0.05) is 64.7 Å². The van der Waals surface area contributed by atoms with Crippen molar-refractivity contribution in [3.05, 3.63) is 0 Å². The van der Waals surface area contributed by atoms with E-state index in [2.05, 4.69) is 12.2 Å². The lowest BCUT2D eigenvalue weighted by atomic mass is 10.0. The van der Waals surface area contributed by atoms with Crippen molar-refractivity contribution in [3.63, 3.8) is 0 Å². The van der Waals surface area contributed by atoms with Crippen LogP contribution in [0.15, 0.2) is 0 Å². The van der Waals surface area contributed by atoms with Gasteiger partial charge in [0.15, 0.2) is 0 Å². The number of amides is 1. The Morgan fingerprint density at radius 1 is 1.00 bits per heavy atom. The van der Waals surface area contributed by atoms with Crippen LogP contribution in [0.4, 0.5) is 0 Å². The Kier molecular flexibility index (Phi) is 10.6. The van der Waals surface area contributed by atoms with Gasteiger partial charge in [-0.05, 0) is 25.7 Å². The lowest BCUT2D eigenvalue weighted by molar-refractivity contribution is -0.122. The second-order valence-corrected chi connectivity index (χ2v) is 6.65. The predicted octanol–water partition coefficient (Wildman–Crippen LogP) is 4.33. The minimum Gasteiger partial charge on any atom is -0.393 e. The van der Waals surface area contributed by atoms with E-state index in [0.29, 0.717) is 18.9 Å². The number of nitrogens with one attached hydrogen (secondary N) is 1. The molecule has 1 heterocycles. The molecule has 1 rings (SSSR count). The van der Waals surface area contributed by atoms with Crippen LogP contribution in [-0.2, 0) is 4.79 Å². The first-order valence-electron chi connectivity index (χ1n) is 9.19. The van der Waals surface area contributed by atoms with E-state index < -0.39 is 0 Å². The summed E-state index contributed by atoms with van der Waals surface area (Å²) < 4.78 is 0. The SMILES string of the molecule is CCCCCCC1CCCCCCCC(O)CCC(=O)N1. The largest absolute Gasteiger partial charge is 0.393 e. The van der Waals surface area contributed by atoms with E-state index in [1.165, 1.54) is 51.4 Å². The molecular weight excluding hydrogens is 262 g/mol. The van der Waals surface area contributed by atoms with Gasteiger partial charge in [-0.25, -0.2) is 0 Å². The first-order chi connectivity index (χ1) is 10.2. The van der Waals surface area contributed by atoms with Crippen LogP contribution in [0.25, 0.3) is 0 Å². The molecule has 1 aliphatic heterocycles. The van der Waals surface area contributed by atoms with E-state index in [1.54, 1.807) is 0 Å². The van der Waals surface area contributed by atoms with Crippen molar-refractivity contribution in [1.82, 2.24) is 5.32 Å². The molecule has 0 aromatic carbocycles. The van der Waals surface area contributed by atoms with Gasteiger partial charge in [-0.2, -0.15) is 0 Å². The Morgan fingerprint density at radius 2 is 1.71 bits per heavy atom. The number of hydrogen-bond acceptors (Lipinski definition) is 2. The lowest BCUT2D eigenvalue weighted by Gasteiger charge is -2.19. The topological polar surface area (TPSA) is 49.3 Å². The van der Waals surface area contributed by atoms with Crippen LogP contribution in [0.3, 0.4) is 0 Å². The highest BCUT2D eigenvalue weighted by Gasteiger charge is 2.14. The zero-order chi connectivity index (χ0) is 15.3. The fourth-order valence-electron chi connectivity index (χ4n) is 3.15. The molecule has 0 aromatic rings. The third kappa shape index (κ3) is 9.89. The van der Waals surface area contributed by atoms with Crippen LogP contribution < -0.4 is 5.32 Å². The molecule has 2 atom stereocenters. The highest BCUT2D eigenvalue weighted by Crippen LogP contribution is 2.16. The van der Waals surface area contributed by atoms with E-state index in [9.17, 15) is 9.90 Å². The zero-order valence-electron chi connectivity index (χ0n) is 13.9. The number of aliphatic hydroxyl groups is 1. The maximum Gasteiger partial charge on any atom is 0.220 e. The number of carbonyl (C=O) groups is 1. The number of aliphatic hydroxyl groups excluding tert-OH is 1. The highest BCUT2D eigenvalue weighted by molar-refractivity contribution is 5.76. The molecule has 0 bridgehead atoms. The van der Waals surface area contributed by atoms with Crippen LogP contribution >= 0.6 is 0 Å². The van der Waals surface area contributed by atoms with Crippen molar-refractivity contribution in [2.45, 2.75) is 109 Å². The molecule has 2 unspecified atom stereocenters. The summed E-state index contributed by atoms with van der Waals surface area (Å²) in [5, 5.41) is 13.1. The first-order valence-corrected chi connectivity index (χ1v) is 9.19. The van der Waals surface area contributed by atoms with Gasteiger partial charge in [0, 0.05) is 12.5 Å². The van der Waals surface area contributed by atoms with E-state index in [0.717, 1.165) is 25.7 Å². The molecule has 0 saturated carbocycles. The van der Waals surface area contributed by atoms with Crippen LogP contribution in [0.1, 0.15) is 96.8 Å². The normalized spacial score (nSPS) is 26.3. The molecule has 0 aliphatic carbocycles. The molecule has 1 fully saturated rings. The van der Waals surface area contributed by atoms with Gasteiger partial charge in [0.25, 0.3) is 0 Å². The van der Waals surface area contributed by atoms with Gasteiger partial charge in [0.2, 0.25) is 5.91 Å². The molecule has 0 aromatic heterocycles. The van der Waals surface area contributed by atoms with Gasteiger partial charge in [-0.3, -0.25) is 4.79 Å². The molecule has 0 radical (unpaired) electrons. The molecule has 1 aliphatic rings. The standard InChI is InChI=1S/C18H35NO2/c1-2-3-4-8-11-16-12-9-6-5-7-10-13-17(20)14-15-18(21)19-16/h16-17,20H,2-15H2,1H3,(H,19,21). The number of hydrogen-bond donors (Lipinski definition) is 2. The molecule has 1 saturated heterocycles. The van der Waals surface area contributed by atoms with Crippen molar-refractivity contribution in [2.75, 3.05) is 0 Å². The maximum atomic E-state index is 12.0. The van der Waals surface area contributed by atoms with Gasteiger partial charge in [0.05, 0.1) is 6.10 Å². The molecule has 1 amide bonds. The van der Waals surface area contributed by atoms with Gasteiger partial charge in [0.1, 0.15) is 0 Å². The summed E-state index contributed by atoms with van der Waals surface area (Å²) in [6.45, 7) is 2.23. The van der Waals surface area contributed by atoms with Crippen LogP contribution in [-0.4, -0.2) is 23.2 Å². The third-order valence-electron chi connectivity index (χ3n) is 4.57. The van der Waals surface area contributed by atoms with Gasteiger partial charge in [-0.15, -0.1) is 0 Å².